The van der Waals surface area contributed by atoms with Crippen molar-refractivity contribution >= 4 is 5.97 Å². The lowest BCUT2D eigenvalue weighted by atomic mass is 9.95. The van der Waals surface area contributed by atoms with Gasteiger partial charge in [-0.3, -0.25) is 9.69 Å². The number of fused-ring (bicyclic) bond motifs is 1. The number of nitrogens with one attached hydrogen (secondary N) is 1. The first-order valence-electron chi connectivity index (χ1n) is 8.50. The number of nitrogens with zero attached hydrogens (tertiary/aromatic N) is 2. The molecule has 2 unspecified atom stereocenters. The molecule has 0 bridgehead atoms. The van der Waals surface area contributed by atoms with Crippen molar-refractivity contribution in [3.63, 3.8) is 0 Å². The Kier molecular flexibility index (Phi) is 6.02. The lowest BCUT2D eigenvalue weighted by Gasteiger charge is -2.38. The third kappa shape index (κ3) is 4.41. The fourth-order valence-corrected chi connectivity index (χ4v) is 3.59. The van der Waals surface area contributed by atoms with Crippen LogP contribution in [0, 0.1) is 0 Å². The van der Waals surface area contributed by atoms with Crippen LogP contribution in [0.3, 0.4) is 0 Å². The number of piperazine rings is 1. The van der Waals surface area contributed by atoms with Crippen molar-refractivity contribution in [2.45, 2.75) is 57.5 Å². The number of hydrogen-bond donors (Lipinski definition) is 2. The summed E-state index contributed by atoms with van der Waals surface area (Å²) < 4.78 is 0. The fraction of sp³-hybridized carbons (Fsp3) is 0.938. The summed E-state index contributed by atoms with van der Waals surface area (Å²) in [5, 5.41) is 12.6. The Balaban J connectivity index is 1.73. The molecule has 2 atom stereocenters. The monoisotopic (exact) mass is 297 g/mol. The van der Waals surface area contributed by atoms with Crippen LogP contribution < -0.4 is 5.32 Å². The summed E-state index contributed by atoms with van der Waals surface area (Å²) in [4.78, 5) is 16.6. The fourth-order valence-electron chi connectivity index (χ4n) is 3.59. The van der Waals surface area contributed by atoms with Gasteiger partial charge in [0.05, 0.1) is 0 Å². The minimum atomic E-state index is -0.773. The van der Waals surface area contributed by atoms with Crippen molar-refractivity contribution in [2.75, 3.05) is 39.3 Å². The van der Waals surface area contributed by atoms with E-state index in [1.807, 2.05) is 6.92 Å². The molecule has 0 spiro atoms. The second kappa shape index (κ2) is 7.56. The first-order valence-corrected chi connectivity index (χ1v) is 8.50. The number of carbonyl (C=O) groups is 1. The lowest BCUT2D eigenvalue weighted by molar-refractivity contribution is -0.144. The van der Waals surface area contributed by atoms with Gasteiger partial charge in [0.2, 0.25) is 0 Å². The summed E-state index contributed by atoms with van der Waals surface area (Å²) in [6.07, 6.45) is 5.30. The van der Waals surface area contributed by atoms with Gasteiger partial charge in [0.15, 0.2) is 0 Å². The third-order valence-corrected chi connectivity index (χ3v) is 5.06. The molecule has 0 aromatic heterocycles. The van der Waals surface area contributed by atoms with Crippen molar-refractivity contribution in [2.24, 2.45) is 0 Å². The molecule has 0 aromatic carbocycles. The highest BCUT2D eigenvalue weighted by molar-refractivity contribution is 5.78. The summed E-state index contributed by atoms with van der Waals surface area (Å²) in [5.41, 5.74) is -0.773. The van der Waals surface area contributed by atoms with E-state index >= 15 is 0 Å². The molecule has 122 valence electrons. The highest BCUT2D eigenvalue weighted by Crippen LogP contribution is 2.22. The van der Waals surface area contributed by atoms with Crippen molar-refractivity contribution in [3.05, 3.63) is 0 Å². The zero-order valence-electron chi connectivity index (χ0n) is 13.6. The average molecular weight is 297 g/mol. The summed E-state index contributed by atoms with van der Waals surface area (Å²) in [6, 6.07) is 0.753. The van der Waals surface area contributed by atoms with Gasteiger partial charge in [-0.25, -0.2) is 0 Å². The number of carboxylic acid groups (broad SMARTS) is 1. The normalized spacial score (nSPS) is 26.5. The van der Waals surface area contributed by atoms with E-state index in [2.05, 4.69) is 22.0 Å². The smallest absolute Gasteiger partial charge is 0.323 e. The van der Waals surface area contributed by atoms with Gasteiger partial charge in [-0.1, -0.05) is 6.92 Å². The second-order valence-electron chi connectivity index (χ2n) is 6.80. The zero-order chi connectivity index (χ0) is 15.3. The van der Waals surface area contributed by atoms with Crippen molar-refractivity contribution in [1.82, 2.24) is 15.1 Å². The Morgan fingerprint density at radius 3 is 2.90 bits per heavy atom. The molecule has 21 heavy (non-hydrogen) atoms. The molecule has 0 radical (unpaired) electrons. The lowest BCUT2D eigenvalue weighted by Crippen LogP contribution is -2.52. The van der Waals surface area contributed by atoms with Crippen LogP contribution >= 0.6 is 0 Å². The number of carboxylic acids is 1. The molecule has 2 N–H and O–H groups in total. The van der Waals surface area contributed by atoms with Gasteiger partial charge >= 0.3 is 5.97 Å². The van der Waals surface area contributed by atoms with Crippen LogP contribution in [0.4, 0.5) is 0 Å². The maximum absolute atomic E-state index is 11.5. The van der Waals surface area contributed by atoms with Crippen LogP contribution in [-0.4, -0.2) is 71.7 Å². The molecule has 0 saturated carbocycles. The molecule has 2 fully saturated rings. The first kappa shape index (κ1) is 16.7. The molecular weight excluding hydrogens is 266 g/mol. The molecule has 2 heterocycles. The first-order chi connectivity index (χ1) is 10.0. The van der Waals surface area contributed by atoms with E-state index in [1.165, 1.54) is 32.5 Å². The van der Waals surface area contributed by atoms with E-state index in [9.17, 15) is 9.90 Å². The molecule has 2 aliphatic rings. The van der Waals surface area contributed by atoms with Crippen molar-refractivity contribution in [1.29, 1.82) is 0 Å². The van der Waals surface area contributed by atoms with Crippen LogP contribution in [0.5, 0.6) is 0 Å². The number of hydrogen-bond acceptors (Lipinski definition) is 4. The standard InChI is InChI=1S/C16H31N3O2/c1-3-8-17-16(2,15(20)21)7-5-9-18-11-12-19-10-4-6-14(19)13-18/h14,17H,3-13H2,1-2H3,(H,20,21). The number of aliphatic carboxylic acids is 1. The van der Waals surface area contributed by atoms with Gasteiger partial charge in [0.25, 0.3) is 0 Å². The van der Waals surface area contributed by atoms with Crippen LogP contribution in [0.15, 0.2) is 0 Å². The van der Waals surface area contributed by atoms with Crippen LogP contribution in [0.25, 0.3) is 0 Å². The Labute approximate surface area is 128 Å². The molecule has 2 saturated heterocycles. The van der Waals surface area contributed by atoms with Crippen LogP contribution in [-0.2, 0) is 4.79 Å². The van der Waals surface area contributed by atoms with Gasteiger partial charge in [-0.05, 0) is 58.7 Å². The predicted octanol–water partition coefficient (Wildman–Crippen LogP) is 1.39. The van der Waals surface area contributed by atoms with Gasteiger partial charge < -0.3 is 15.3 Å². The topological polar surface area (TPSA) is 55.8 Å². The number of rotatable bonds is 8. The Morgan fingerprint density at radius 1 is 1.38 bits per heavy atom. The maximum atomic E-state index is 11.5. The Hall–Kier alpha value is -0.650. The predicted molar refractivity (Wildman–Crippen MR) is 84.6 cm³/mol. The van der Waals surface area contributed by atoms with Crippen LogP contribution in [0.2, 0.25) is 0 Å². The van der Waals surface area contributed by atoms with E-state index in [-0.39, 0.29) is 0 Å². The summed E-state index contributed by atoms with van der Waals surface area (Å²) >= 11 is 0. The third-order valence-electron chi connectivity index (χ3n) is 5.06. The largest absolute Gasteiger partial charge is 0.480 e. The van der Waals surface area contributed by atoms with Gasteiger partial charge in [0.1, 0.15) is 5.54 Å². The summed E-state index contributed by atoms with van der Waals surface area (Å²) in [7, 11) is 0. The van der Waals surface area contributed by atoms with E-state index < -0.39 is 11.5 Å². The van der Waals surface area contributed by atoms with Gasteiger partial charge in [0, 0.05) is 25.7 Å². The molecule has 0 amide bonds. The summed E-state index contributed by atoms with van der Waals surface area (Å²) in [5.74, 6) is -0.725. The molecular formula is C16H31N3O2. The van der Waals surface area contributed by atoms with Gasteiger partial charge in [-0.15, -0.1) is 0 Å². The minimum Gasteiger partial charge on any atom is -0.480 e. The molecule has 2 rings (SSSR count). The van der Waals surface area contributed by atoms with E-state index in [1.54, 1.807) is 0 Å². The quantitative estimate of drug-likeness (QED) is 0.709. The molecule has 0 aliphatic carbocycles. The van der Waals surface area contributed by atoms with Gasteiger partial charge in [-0.2, -0.15) is 0 Å². The van der Waals surface area contributed by atoms with Crippen molar-refractivity contribution in [3.8, 4) is 0 Å². The summed E-state index contributed by atoms with van der Waals surface area (Å²) in [6.45, 7) is 10.5. The highest BCUT2D eigenvalue weighted by atomic mass is 16.4. The average Bonchev–Trinajstić information content (AvgIpc) is 2.92. The Bertz CT molecular complexity index is 350. The van der Waals surface area contributed by atoms with E-state index in [4.69, 9.17) is 0 Å². The highest BCUT2D eigenvalue weighted by Gasteiger charge is 2.33. The second-order valence-corrected chi connectivity index (χ2v) is 6.80. The Morgan fingerprint density at radius 2 is 2.19 bits per heavy atom. The molecule has 0 aromatic rings. The van der Waals surface area contributed by atoms with E-state index in [0.29, 0.717) is 6.42 Å². The molecule has 5 heteroatoms. The van der Waals surface area contributed by atoms with Crippen LogP contribution in [0.1, 0.15) is 46.0 Å². The van der Waals surface area contributed by atoms with Crippen molar-refractivity contribution < 1.29 is 9.90 Å². The SMILES string of the molecule is CCCNC(C)(CCCN1CCN2CCCC2C1)C(=O)O. The molecule has 5 nitrogen and oxygen atoms in total. The zero-order valence-corrected chi connectivity index (χ0v) is 13.6. The van der Waals surface area contributed by atoms with E-state index in [0.717, 1.165) is 38.5 Å². The molecule has 2 aliphatic heterocycles. The maximum Gasteiger partial charge on any atom is 0.323 e. The minimum absolute atomic E-state index is 0.702.